The van der Waals surface area contributed by atoms with Crippen molar-refractivity contribution in [3.63, 3.8) is 0 Å². The number of rotatable bonds is 6. The van der Waals surface area contributed by atoms with Crippen molar-refractivity contribution in [3.05, 3.63) is 30.3 Å². The van der Waals surface area contributed by atoms with Gasteiger partial charge in [-0.1, -0.05) is 24.1 Å². The van der Waals surface area contributed by atoms with E-state index in [9.17, 15) is 0 Å². The van der Waals surface area contributed by atoms with Crippen molar-refractivity contribution in [3.8, 4) is 18.1 Å². The molecule has 0 aliphatic rings. The van der Waals surface area contributed by atoms with Crippen LogP contribution >= 0.6 is 0 Å². The predicted octanol–water partition coefficient (Wildman–Crippen LogP) is 1.64. The summed E-state index contributed by atoms with van der Waals surface area (Å²) in [7, 11) is 0. The number of aliphatic imine (C=N–C) groups is 1. The van der Waals surface area contributed by atoms with Gasteiger partial charge in [0.1, 0.15) is 11.9 Å². The van der Waals surface area contributed by atoms with Crippen LogP contribution in [-0.4, -0.2) is 31.7 Å². The van der Waals surface area contributed by atoms with Gasteiger partial charge in [-0.3, -0.25) is 0 Å². The number of nitrogens with one attached hydrogen (secondary N) is 2. The molecule has 0 radical (unpaired) electrons. The molecule has 4 heteroatoms. The molecule has 0 amide bonds. The van der Waals surface area contributed by atoms with Crippen molar-refractivity contribution in [2.75, 3.05) is 19.6 Å². The fourth-order valence-electron chi connectivity index (χ4n) is 1.46. The van der Waals surface area contributed by atoms with Crippen LogP contribution in [0.4, 0.5) is 0 Å². The van der Waals surface area contributed by atoms with E-state index in [0.29, 0.717) is 19.0 Å². The Bertz CT molecular complexity index is 423. The Kier molecular flexibility index (Phi) is 6.96. The molecule has 4 nitrogen and oxygen atoms in total. The number of ether oxygens (including phenoxy) is 1. The van der Waals surface area contributed by atoms with Gasteiger partial charge in [0, 0.05) is 6.54 Å². The van der Waals surface area contributed by atoms with Crippen molar-refractivity contribution in [1.82, 2.24) is 10.6 Å². The van der Waals surface area contributed by atoms with Crippen molar-refractivity contribution >= 4 is 5.96 Å². The number of terminal acetylenes is 1. The second-order valence-electron chi connectivity index (χ2n) is 4.02. The van der Waals surface area contributed by atoms with Crippen LogP contribution in [0.3, 0.4) is 0 Å². The molecular formula is C15H21N3O. The summed E-state index contributed by atoms with van der Waals surface area (Å²) in [6.07, 6.45) is 5.21. The molecule has 0 saturated heterocycles. The summed E-state index contributed by atoms with van der Waals surface area (Å²) in [5.74, 6) is 4.09. The van der Waals surface area contributed by atoms with E-state index in [-0.39, 0.29) is 6.10 Å². The molecule has 2 N–H and O–H groups in total. The predicted molar refractivity (Wildman–Crippen MR) is 79.3 cm³/mol. The highest BCUT2D eigenvalue weighted by Crippen LogP contribution is 2.10. The van der Waals surface area contributed by atoms with E-state index in [2.05, 4.69) is 21.5 Å². The van der Waals surface area contributed by atoms with Gasteiger partial charge in [-0.05, 0) is 26.0 Å². The third-order valence-electron chi connectivity index (χ3n) is 2.29. The van der Waals surface area contributed by atoms with Crippen LogP contribution in [0, 0.1) is 12.3 Å². The largest absolute Gasteiger partial charge is 0.489 e. The van der Waals surface area contributed by atoms with Gasteiger partial charge in [-0.2, -0.15) is 0 Å². The molecule has 0 fully saturated rings. The van der Waals surface area contributed by atoms with Crippen molar-refractivity contribution in [2.24, 2.45) is 4.99 Å². The minimum absolute atomic E-state index is 0.00342. The first-order valence-corrected chi connectivity index (χ1v) is 6.43. The number of hydrogen-bond acceptors (Lipinski definition) is 2. The first-order chi connectivity index (χ1) is 9.26. The zero-order chi connectivity index (χ0) is 13.9. The summed E-state index contributed by atoms with van der Waals surface area (Å²) in [6, 6.07) is 9.72. The second-order valence-corrected chi connectivity index (χ2v) is 4.02. The lowest BCUT2D eigenvalue weighted by Gasteiger charge is -2.14. The van der Waals surface area contributed by atoms with Crippen molar-refractivity contribution < 1.29 is 4.74 Å². The zero-order valence-electron chi connectivity index (χ0n) is 11.5. The molecule has 1 unspecified atom stereocenters. The first kappa shape index (κ1) is 14.9. The van der Waals surface area contributed by atoms with Crippen molar-refractivity contribution in [1.29, 1.82) is 0 Å². The maximum Gasteiger partial charge on any atom is 0.192 e. The maximum atomic E-state index is 5.74. The van der Waals surface area contributed by atoms with Crippen LogP contribution in [0.1, 0.15) is 13.8 Å². The minimum atomic E-state index is 0.00342. The van der Waals surface area contributed by atoms with E-state index in [1.54, 1.807) is 0 Å². The summed E-state index contributed by atoms with van der Waals surface area (Å²) in [4.78, 5) is 4.42. The number of hydrogen-bond donors (Lipinski definition) is 2. The van der Waals surface area contributed by atoms with Crippen molar-refractivity contribution in [2.45, 2.75) is 20.0 Å². The Morgan fingerprint density at radius 3 is 2.74 bits per heavy atom. The Hall–Kier alpha value is -2.15. The Morgan fingerprint density at radius 1 is 1.37 bits per heavy atom. The molecule has 0 aliphatic heterocycles. The number of para-hydroxylation sites is 1. The quantitative estimate of drug-likeness (QED) is 0.464. The molecule has 1 rings (SSSR count). The standard InChI is InChI=1S/C15H21N3O/c1-4-11-17-15(16-5-2)18-12-13(3)19-14-9-7-6-8-10-14/h1,6-10,13H,5,11-12H2,2-3H3,(H2,16,17,18). The van der Waals surface area contributed by atoms with E-state index in [0.717, 1.165) is 12.3 Å². The van der Waals surface area contributed by atoms with Gasteiger partial charge in [-0.15, -0.1) is 6.42 Å². The summed E-state index contributed by atoms with van der Waals surface area (Å²) in [5.41, 5.74) is 0. The molecule has 1 aromatic carbocycles. The average Bonchev–Trinajstić information content (AvgIpc) is 2.43. The van der Waals surface area contributed by atoms with E-state index < -0.39 is 0 Å². The van der Waals surface area contributed by atoms with E-state index in [4.69, 9.17) is 11.2 Å². The molecule has 0 spiro atoms. The highest BCUT2D eigenvalue weighted by molar-refractivity contribution is 5.79. The summed E-state index contributed by atoms with van der Waals surface area (Å²) in [6.45, 7) is 5.82. The van der Waals surface area contributed by atoms with Gasteiger partial charge in [-0.25, -0.2) is 4.99 Å². The van der Waals surface area contributed by atoms with Gasteiger partial charge < -0.3 is 15.4 Å². The van der Waals surface area contributed by atoms with Crippen LogP contribution < -0.4 is 15.4 Å². The molecule has 1 aromatic rings. The molecule has 102 valence electrons. The topological polar surface area (TPSA) is 45.7 Å². The van der Waals surface area contributed by atoms with Gasteiger partial charge in [0.15, 0.2) is 5.96 Å². The van der Waals surface area contributed by atoms with E-state index >= 15 is 0 Å². The monoisotopic (exact) mass is 259 g/mol. The zero-order valence-corrected chi connectivity index (χ0v) is 11.5. The highest BCUT2D eigenvalue weighted by Gasteiger charge is 2.03. The van der Waals surface area contributed by atoms with Crippen LogP contribution in [0.25, 0.3) is 0 Å². The van der Waals surface area contributed by atoms with Gasteiger partial charge in [0.05, 0.1) is 13.1 Å². The Labute approximate surface area is 115 Å². The van der Waals surface area contributed by atoms with Gasteiger partial charge in [0.25, 0.3) is 0 Å². The highest BCUT2D eigenvalue weighted by atomic mass is 16.5. The fraction of sp³-hybridized carbons (Fsp3) is 0.400. The SMILES string of the molecule is C#CCNC(=NCC(C)Oc1ccccc1)NCC. The summed E-state index contributed by atoms with van der Waals surface area (Å²) in [5, 5.41) is 6.16. The lowest BCUT2D eigenvalue weighted by molar-refractivity contribution is 0.230. The summed E-state index contributed by atoms with van der Waals surface area (Å²) < 4.78 is 5.74. The van der Waals surface area contributed by atoms with E-state index in [1.165, 1.54) is 0 Å². The maximum absolute atomic E-state index is 5.74. The lowest BCUT2D eigenvalue weighted by atomic mass is 10.3. The third kappa shape index (κ3) is 6.37. The normalized spacial score (nSPS) is 12.4. The number of nitrogens with zero attached hydrogens (tertiary/aromatic N) is 1. The van der Waals surface area contributed by atoms with Gasteiger partial charge in [0.2, 0.25) is 0 Å². The first-order valence-electron chi connectivity index (χ1n) is 6.43. The Balaban J connectivity index is 2.45. The van der Waals surface area contributed by atoms with Crippen LogP contribution in [0.2, 0.25) is 0 Å². The smallest absolute Gasteiger partial charge is 0.192 e. The molecule has 0 saturated carbocycles. The molecule has 0 aliphatic carbocycles. The third-order valence-corrected chi connectivity index (χ3v) is 2.29. The molecular weight excluding hydrogens is 238 g/mol. The van der Waals surface area contributed by atoms with Gasteiger partial charge >= 0.3 is 0 Å². The molecule has 1 atom stereocenters. The lowest BCUT2D eigenvalue weighted by Crippen LogP contribution is -2.38. The molecule has 0 aromatic heterocycles. The Morgan fingerprint density at radius 2 is 2.11 bits per heavy atom. The molecule has 0 heterocycles. The minimum Gasteiger partial charge on any atom is -0.489 e. The molecule has 0 bridgehead atoms. The van der Waals surface area contributed by atoms with Crippen LogP contribution in [0.5, 0.6) is 5.75 Å². The summed E-state index contributed by atoms with van der Waals surface area (Å²) >= 11 is 0. The molecule has 19 heavy (non-hydrogen) atoms. The fourth-order valence-corrected chi connectivity index (χ4v) is 1.46. The van der Waals surface area contributed by atoms with E-state index in [1.807, 2.05) is 44.2 Å². The number of benzene rings is 1. The second kappa shape index (κ2) is 8.87. The number of guanidine groups is 1. The van der Waals surface area contributed by atoms with Crippen LogP contribution in [-0.2, 0) is 0 Å². The van der Waals surface area contributed by atoms with Crippen LogP contribution in [0.15, 0.2) is 35.3 Å². The average molecular weight is 259 g/mol.